The fraction of sp³-hybridized carbons (Fsp3) is 0.562. The van der Waals surface area contributed by atoms with Gasteiger partial charge in [0.25, 0.3) is 0 Å². The summed E-state index contributed by atoms with van der Waals surface area (Å²) in [5.74, 6) is 0.736. The monoisotopic (exact) mass is 244 g/mol. The molecule has 0 radical (unpaired) electrons. The van der Waals surface area contributed by atoms with E-state index in [4.69, 9.17) is 5.26 Å². The second kappa shape index (κ2) is 7.89. The zero-order valence-corrected chi connectivity index (χ0v) is 11.7. The van der Waals surface area contributed by atoms with E-state index in [-0.39, 0.29) is 6.04 Å². The van der Waals surface area contributed by atoms with Gasteiger partial charge in [0.15, 0.2) is 0 Å². The standard InChI is InChI=1S/C16H24N2/c1-13(2)9-10-14(3)18-16(11-12-17)15-7-5-4-6-8-15/h4-8,13-14,16,18H,9-11H2,1-3H3. The minimum atomic E-state index is 0.151. The molecule has 2 nitrogen and oxygen atoms in total. The Labute approximate surface area is 111 Å². The van der Waals surface area contributed by atoms with Crippen molar-refractivity contribution < 1.29 is 0 Å². The molecule has 0 aliphatic heterocycles. The third-order valence-corrected chi connectivity index (χ3v) is 3.16. The summed E-state index contributed by atoms with van der Waals surface area (Å²) in [6.45, 7) is 6.70. The van der Waals surface area contributed by atoms with Crippen LogP contribution >= 0.6 is 0 Å². The average Bonchev–Trinajstić information content (AvgIpc) is 2.37. The van der Waals surface area contributed by atoms with Crippen LogP contribution in [0.2, 0.25) is 0 Å². The molecule has 0 aliphatic carbocycles. The summed E-state index contributed by atoms with van der Waals surface area (Å²) in [4.78, 5) is 0. The zero-order chi connectivity index (χ0) is 13.4. The van der Waals surface area contributed by atoms with Gasteiger partial charge in [0.2, 0.25) is 0 Å². The Morgan fingerprint density at radius 2 is 1.78 bits per heavy atom. The highest BCUT2D eigenvalue weighted by Crippen LogP contribution is 2.18. The number of nitrogens with zero attached hydrogens (tertiary/aromatic N) is 1. The molecule has 0 aromatic heterocycles. The minimum absolute atomic E-state index is 0.151. The molecule has 1 aromatic rings. The van der Waals surface area contributed by atoms with Gasteiger partial charge in [-0.05, 0) is 31.2 Å². The molecule has 98 valence electrons. The fourth-order valence-electron chi connectivity index (χ4n) is 2.06. The molecule has 2 atom stereocenters. The van der Waals surface area contributed by atoms with E-state index < -0.39 is 0 Å². The van der Waals surface area contributed by atoms with Crippen LogP contribution in [0.5, 0.6) is 0 Å². The fourth-order valence-corrected chi connectivity index (χ4v) is 2.06. The van der Waals surface area contributed by atoms with Crippen molar-refractivity contribution in [3.05, 3.63) is 35.9 Å². The van der Waals surface area contributed by atoms with Crippen molar-refractivity contribution >= 4 is 0 Å². The first-order valence-electron chi connectivity index (χ1n) is 6.81. The van der Waals surface area contributed by atoms with Crippen molar-refractivity contribution in [1.82, 2.24) is 5.32 Å². The third-order valence-electron chi connectivity index (χ3n) is 3.16. The molecule has 18 heavy (non-hydrogen) atoms. The average molecular weight is 244 g/mol. The van der Waals surface area contributed by atoms with Gasteiger partial charge in [0, 0.05) is 12.1 Å². The summed E-state index contributed by atoms with van der Waals surface area (Å²) in [5, 5.41) is 12.5. The summed E-state index contributed by atoms with van der Waals surface area (Å²) in [7, 11) is 0. The van der Waals surface area contributed by atoms with Crippen LogP contribution in [0.3, 0.4) is 0 Å². The van der Waals surface area contributed by atoms with Crippen molar-refractivity contribution in [2.75, 3.05) is 0 Å². The first kappa shape index (κ1) is 14.7. The summed E-state index contributed by atoms with van der Waals surface area (Å²) >= 11 is 0. The first-order chi connectivity index (χ1) is 8.63. The van der Waals surface area contributed by atoms with Crippen LogP contribution in [0.4, 0.5) is 0 Å². The van der Waals surface area contributed by atoms with Crippen LogP contribution in [0.1, 0.15) is 51.6 Å². The van der Waals surface area contributed by atoms with Gasteiger partial charge in [-0.1, -0.05) is 44.2 Å². The molecule has 0 bridgehead atoms. The predicted molar refractivity (Wildman–Crippen MR) is 76.1 cm³/mol. The third kappa shape index (κ3) is 5.33. The lowest BCUT2D eigenvalue weighted by Gasteiger charge is -2.22. The van der Waals surface area contributed by atoms with Crippen LogP contribution in [-0.2, 0) is 0 Å². The van der Waals surface area contributed by atoms with E-state index in [9.17, 15) is 0 Å². The maximum Gasteiger partial charge on any atom is 0.0641 e. The van der Waals surface area contributed by atoms with Gasteiger partial charge < -0.3 is 5.32 Å². The summed E-state index contributed by atoms with van der Waals surface area (Å²) in [5.41, 5.74) is 1.20. The highest BCUT2D eigenvalue weighted by atomic mass is 14.9. The molecular weight excluding hydrogens is 220 g/mol. The molecule has 2 unspecified atom stereocenters. The molecule has 0 aliphatic rings. The van der Waals surface area contributed by atoms with Crippen LogP contribution in [-0.4, -0.2) is 6.04 Å². The summed E-state index contributed by atoms with van der Waals surface area (Å²) < 4.78 is 0. The molecule has 2 heteroatoms. The van der Waals surface area contributed by atoms with Gasteiger partial charge in [-0.2, -0.15) is 5.26 Å². The van der Waals surface area contributed by atoms with E-state index in [2.05, 4.69) is 44.3 Å². The summed E-state index contributed by atoms with van der Waals surface area (Å²) in [6, 6.07) is 13.1. The van der Waals surface area contributed by atoms with E-state index in [1.807, 2.05) is 18.2 Å². The van der Waals surface area contributed by atoms with Crippen molar-refractivity contribution in [2.45, 2.75) is 52.1 Å². The van der Waals surface area contributed by atoms with Gasteiger partial charge in [0.05, 0.1) is 12.5 Å². The van der Waals surface area contributed by atoms with E-state index >= 15 is 0 Å². The maximum absolute atomic E-state index is 8.94. The highest BCUT2D eigenvalue weighted by Gasteiger charge is 2.13. The Morgan fingerprint density at radius 1 is 1.11 bits per heavy atom. The lowest BCUT2D eigenvalue weighted by Crippen LogP contribution is -2.30. The Hall–Kier alpha value is -1.33. The van der Waals surface area contributed by atoms with Gasteiger partial charge >= 0.3 is 0 Å². The van der Waals surface area contributed by atoms with Crippen LogP contribution in [0.25, 0.3) is 0 Å². The molecule has 0 saturated heterocycles. The number of benzene rings is 1. The lowest BCUT2D eigenvalue weighted by atomic mass is 10.0. The number of nitriles is 1. The number of rotatable bonds is 7. The smallest absolute Gasteiger partial charge is 0.0641 e. The Morgan fingerprint density at radius 3 is 2.33 bits per heavy atom. The minimum Gasteiger partial charge on any atom is -0.307 e. The highest BCUT2D eigenvalue weighted by molar-refractivity contribution is 5.20. The van der Waals surface area contributed by atoms with Gasteiger partial charge in [-0.25, -0.2) is 0 Å². The number of nitrogens with one attached hydrogen (secondary N) is 1. The maximum atomic E-state index is 8.94. The normalized spacial score (nSPS) is 14.2. The molecular formula is C16H24N2. The molecule has 1 rings (SSSR count). The molecule has 1 aromatic carbocycles. The van der Waals surface area contributed by atoms with Crippen molar-refractivity contribution in [1.29, 1.82) is 5.26 Å². The van der Waals surface area contributed by atoms with Crippen molar-refractivity contribution in [2.24, 2.45) is 5.92 Å². The number of hydrogen-bond donors (Lipinski definition) is 1. The van der Waals surface area contributed by atoms with Crippen LogP contribution < -0.4 is 5.32 Å². The Bertz CT molecular complexity index is 364. The Kier molecular flexibility index (Phi) is 6.46. The van der Waals surface area contributed by atoms with Gasteiger partial charge in [-0.15, -0.1) is 0 Å². The van der Waals surface area contributed by atoms with Crippen molar-refractivity contribution in [3.8, 4) is 6.07 Å². The molecule has 0 saturated carbocycles. The molecule has 0 fully saturated rings. The second-order valence-electron chi connectivity index (χ2n) is 5.36. The predicted octanol–water partition coefficient (Wildman–Crippen LogP) is 4.06. The SMILES string of the molecule is CC(C)CCC(C)NC(CC#N)c1ccccc1. The van der Waals surface area contributed by atoms with E-state index in [1.54, 1.807) is 0 Å². The largest absolute Gasteiger partial charge is 0.307 e. The van der Waals surface area contributed by atoms with Gasteiger partial charge in [0.1, 0.15) is 0 Å². The van der Waals surface area contributed by atoms with E-state index in [0.717, 1.165) is 12.3 Å². The van der Waals surface area contributed by atoms with Gasteiger partial charge in [-0.3, -0.25) is 0 Å². The first-order valence-corrected chi connectivity index (χ1v) is 6.81. The Balaban J connectivity index is 2.56. The van der Waals surface area contributed by atoms with Crippen LogP contribution in [0.15, 0.2) is 30.3 Å². The molecule has 0 heterocycles. The quantitative estimate of drug-likeness (QED) is 0.785. The topological polar surface area (TPSA) is 35.8 Å². The molecule has 0 amide bonds. The second-order valence-corrected chi connectivity index (χ2v) is 5.36. The molecule has 0 spiro atoms. The lowest BCUT2D eigenvalue weighted by molar-refractivity contribution is 0.406. The summed E-state index contributed by atoms with van der Waals surface area (Å²) in [6.07, 6.45) is 2.91. The van der Waals surface area contributed by atoms with Crippen LogP contribution in [0, 0.1) is 17.2 Å². The number of hydrogen-bond acceptors (Lipinski definition) is 2. The van der Waals surface area contributed by atoms with Crippen molar-refractivity contribution in [3.63, 3.8) is 0 Å². The zero-order valence-electron chi connectivity index (χ0n) is 11.7. The van der Waals surface area contributed by atoms with E-state index in [0.29, 0.717) is 12.5 Å². The van der Waals surface area contributed by atoms with E-state index in [1.165, 1.54) is 12.0 Å². The molecule has 1 N–H and O–H groups in total.